The molecule has 0 unspecified atom stereocenters. The SMILES string of the molecule is CC(=O)Cn1sc2ccccc2c1=O. The van der Waals surface area contributed by atoms with Crippen LogP contribution < -0.4 is 5.56 Å². The zero-order valence-electron chi connectivity index (χ0n) is 7.69. The Morgan fingerprint density at radius 1 is 1.43 bits per heavy atom. The topological polar surface area (TPSA) is 39.1 Å². The highest BCUT2D eigenvalue weighted by molar-refractivity contribution is 7.13. The number of fused-ring (bicyclic) bond motifs is 1. The summed E-state index contributed by atoms with van der Waals surface area (Å²) in [6.07, 6.45) is 0. The van der Waals surface area contributed by atoms with Crippen molar-refractivity contribution in [2.75, 3.05) is 0 Å². The highest BCUT2D eigenvalue weighted by Gasteiger charge is 2.07. The molecule has 0 radical (unpaired) electrons. The average Bonchev–Trinajstić information content (AvgIpc) is 2.44. The van der Waals surface area contributed by atoms with Gasteiger partial charge in [0.2, 0.25) is 0 Å². The highest BCUT2D eigenvalue weighted by atomic mass is 32.1. The van der Waals surface area contributed by atoms with Crippen LogP contribution in [0.5, 0.6) is 0 Å². The van der Waals surface area contributed by atoms with Crippen molar-refractivity contribution in [2.24, 2.45) is 0 Å². The molecule has 0 aliphatic carbocycles. The Bertz CT molecular complexity index is 538. The van der Waals surface area contributed by atoms with E-state index >= 15 is 0 Å². The molecule has 72 valence electrons. The second-order valence-corrected chi connectivity index (χ2v) is 4.19. The third-order valence-electron chi connectivity index (χ3n) is 1.92. The van der Waals surface area contributed by atoms with Gasteiger partial charge in [-0.2, -0.15) is 0 Å². The number of benzene rings is 1. The first-order chi connectivity index (χ1) is 6.68. The molecule has 0 spiro atoms. The van der Waals surface area contributed by atoms with Crippen molar-refractivity contribution in [1.82, 2.24) is 3.96 Å². The van der Waals surface area contributed by atoms with Gasteiger partial charge < -0.3 is 0 Å². The molecule has 0 saturated carbocycles. The van der Waals surface area contributed by atoms with Gasteiger partial charge in [0.05, 0.1) is 16.6 Å². The number of carbonyl (C=O) groups is 1. The molecule has 1 aromatic heterocycles. The lowest BCUT2D eigenvalue weighted by Crippen LogP contribution is -2.16. The molecule has 1 aromatic carbocycles. The molecule has 2 rings (SSSR count). The van der Waals surface area contributed by atoms with E-state index in [4.69, 9.17) is 0 Å². The average molecular weight is 207 g/mol. The second-order valence-electron chi connectivity index (χ2n) is 3.13. The van der Waals surface area contributed by atoms with Crippen molar-refractivity contribution in [3.63, 3.8) is 0 Å². The molecular formula is C10H9NO2S. The van der Waals surface area contributed by atoms with Crippen LogP contribution in [0.1, 0.15) is 6.92 Å². The molecule has 14 heavy (non-hydrogen) atoms. The van der Waals surface area contributed by atoms with E-state index in [2.05, 4.69) is 0 Å². The van der Waals surface area contributed by atoms with Crippen LogP contribution >= 0.6 is 11.5 Å². The molecule has 0 amide bonds. The van der Waals surface area contributed by atoms with Crippen LogP contribution in [-0.2, 0) is 11.3 Å². The molecule has 0 aliphatic rings. The number of Topliss-reactive ketones (excluding diaryl/α,β-unsaturated/α-hetero) is 1. The van der Waals surface area contributed by atoms with Crippen molar-refractivity contribution in [3.8, 4) is 0 Å². The number of hydrogen-bond acceptors (Lipinski definition) is 3. The monoisotopic (exact) mass is 207 g/mol. The second kappa shape index (κ2) is 3.38. The van der Waals surface area contributed by atoms with Crippen LogP contribution in [-0.4, -0.2) is 9.74 Å². The van der Waals surface area contributed by atoms with Crippen LogP contribution in [0.2, 0.25) is 0 Å². The van der Waals surface area contributed by atoms with E-state index in [1.165, 1.54) is 22.4 Å². The molecule has 0 aliphatic heterocycles. The van der Waals surface area contributed by atoms with E-state index in [0.717, 1.165) is 4.70 Å². The number of aromatic nitrogens is 1. The Labute approximate surface area is 84.7 Å². The van der Waals surface area contributed by atoms with Gasteiger partial charge in [-0.15, -0.1) is 0 Å². The number of nitrogens with zero attached hydrogens (tertiary/aromatic N) is 1. The van der Waals surface area contributed by atoms with Gasteiger partial charge in [0.25, 0.3) is 5.56 Å². The van der Waals surface area contributed by atoms with Crippen LogP contribution in [0.15, 0.2) is 29.1 Å². The molecule has 0 N–H and O–H groups in total. The minimum absolute atomic E-state index is 0.00124. The maximum absolute atomic E-state index is 11.7. The maximum Gasteiger partial charge on any atom is 0.268 e. The van der Waals surface area contributed by atoms with Crippen molar-refractivity contribution in [2.45, 2.75) is 13.5 Å². The maximum atomic E-state index is 11.7. The Balaban J connectivity index is 2.63. The largest absolute Gasteiger partial charge is 0.298 e. The van der Waals surface area contributed by atoms with Gasteiger partial charge in [-0.05, 0) is 19.1 Å². The van der Waals surface area contributed by atoms with Gasteiger partial charge in [-0.25, -0.2) is 0 Å². The lowest BCUT2D eigenvalue weighted by molar-refractivity contribution is -0.117. The highest BCUT2D eigenvalue weighted by Crippen LogP contribution is 2.15. The summed E-state index contributed by atoms with van der Waals surface area (Å²) in [7, 11) is 0. The Morgan fingerprint density at radius 3 is 2.79 bits per heavy atom. The summed E-state index contributed by atoms with van der Waals surface area (Å²) >= 11 is 1.34. The third-order valence-corrected chi connectivity index (χ3v) is 2.99. The van der Waals surface area contributed by atoms with Gasteiger partial charge in [-0.3, -0.25) is 13.5 Å². The van der Waals surface area contributed by atoms with E-state index in [-0.39, 0.29) is 17.9 Å². The van der Waals surface area contributed by atoms with E-state index in [1.807, 2.05) is 18.2 Å². The molecule has 0 bridgehead atoms. The normalized spacial score (nSPS) is 10.6. The summed E-state index contributed by atoms with van der Waals surface area (Å²) < 4.78 is 2.42. The van der Waals surface area contributed by atoms with Gasteiger partial charge in [0.15, 0.2) is 5.78 Å². The molecule has 3 nitrogen and oxygen atoms in total. The van der Waals surface area contributed by atoms with Crippen LogP contribution in [0.4, 0.5) is 0 Å². The fourth-order valence-electron chi connectivity index (χ4n) is 1.32. The van der Waals surface area contributed by atoms with Crippen molar-refractivity contribution >= 4 is 27.4 Å². The summed E-state index contributed by atoms with van der Waals surface area (Å²) in [6, 6.07) is 7.38. The Hall–Kier alpha value is -1.42. The fourth-order valence-corrected chi connectivity index (χ4v) is 2.38. The summed E-state index contributed by atoms with van der Waals surface area (Å²) in [4.78, 5) is 22.6. The van der Waals surface area contributed by atoms with Crippen molar-refractivity contribution in [1.29, 1.82) is 0 Å². The summed E-state index contributed by atoms with van der Waals surface area (Å²) in [5, 5.41) is 0.693. The summed E-state index contributed by atoms with van der Waals surface area (Å²) in [5.74, 6) is -0.00124. The predicted octanol–water partition coefficient (Wildman–Crippen LogP) is 1.65. The number of rotatable bonds is 2. The molecular weight excluding hydrogens is 198 g/mol. The van der Waals surface area contributed by atoms with Gasteiger partial charge >= 0.3 is 0 Å². The molecule has 2 aromatic rings. The standard InChI is InChI=1S/C10H9NO2S/c1-7(12)6-11-10(13)8-4-2-3-5-9(8)14-11/h2-5H,6H2,1H3. The van der Waals surface area contributed by atoms with E-state index < -0.39 is 0 Å². The predicted molar refractivity (Wildman–Crippen MR) is 56.8 cm³/mol. The zero-order chi connectivity index (χ0) is 10.1. The molecule has 1 heterocycles. The van der Waals surface area contributed by atoms with E-state index in [9.17, 15) is 9.59 Å². The lowest BCUT2D eigenvalue weighted by atomic mass is 10.3. The van der Waals surface area contributed by atoms with Crippen LogP contribution in [0.25, 0.3) is 10.1 Å². The summed E-state index contributed by atoms with van der Waals surface area (Å²) in [5.41, 5.74) is -0.0687. The fraction of sp³-hybridized carbons (Fsp3) is 0.200. The number of carbonyl (C=O) groups excluding carboxylic acids is 1. The minimum atomic E-state index is -0.0687. The van der Waals surface area contributed by atoms with Gasteiger partial charge in [-0.1, -0.05) is 23.7 Å². The number of ketones is 1. The van der Waals surface area contributed by atoms with Crippen molar-refractivity contribution in [3.05, 3.63) is 34.6 Å². The molecule has 0 atom stereocenters. The first-order valence-electron chi connectivity index (χ1n) is 4.27. The van der Waals surface area contributed by atoms with Crippen LogP contribution in [0, 0.1) is 0 Å². The Kier molecular flexibility index (Phi) is 2.21. The molecule has 4 heteroatoms. The number of hydrogen-bond donors (Lipinski definition) is 0. The smallest absolute Gasteiger partial charge is 0.268 e. The van der Waals surface area contributed by atoms with Crippen molar-refractivity contribution < 1.29 is 4.79 Å². The van der Waals surface area contributed by atoms with Crippen LogP contribution in [0.3, 0.4) is 0 Å². The Morgan fingerprint density at radius 2 is 2.14 bits per heavy atom. The van der Waals surface area contributed by atoms with Gasteiger partial charge in [0.1, 0.15) is 0 Å². The lowest BCUT2D eigenvalue weighted by Gasteiger charge is -1.92. The quantitative estimate of drug-likeness (QED) is 0.751. The van der Waals surface area contributed by atoms with E-state index in [1.54, 1.807) is 6.07 Å². The first kappa shape index (κ1) is 9.15. The van der Waals surface area contributed by atoms with Gasteiger partial charge in [0, 0.05) is 0 Å². The zero-order valence-corrected chi connectivity index (χ0v) is 8.50. The molecule has 0 fully saturated rings. The molecule has 0 saturated heterocycles. The minimum Gasteiger partial charge on any atom is -0.298 e. The first-order valence-corrected chi connectivity index (χ1v) is 5.04. The van der Waals surface area contributed by atoms with E-state index in [0.29, 0.717) is 5.39 Å². The summed E-state index contributed by atoms with van der Waals surface area (Å²) in [6.45, 7) is 1.66. The third kappa shape index (κ3) is 1.48.